The van der Waals surface area contributed by atoms with Gasteiger partial charge < -0.3 is 28.6 Å². The zero-order valence-corrected chi connectivity index (χ0v) is 38.8. The second-order valence-corrected chi connectivity index (χ2v) is 22.2. The van der Waals surface area contributed by atoms with E-state index in [-0.39, 0.29) is 61.1 Å². The number of hydrogen-bond acceptors (Lipinski definition) is 12. The van der Waals surface area contributed by atoms with E-state index in [9.17, 15) is 22.8 Å². The van der Waals surface area contributed by atoms with Gasteiger partial charge in [-0.3, -0.25) is 23.9 Å². The number of Topliss-reactive ketones (excluding diaryl/α,β-unsaturated/α-hetero) is 1. The summed E-state index contributed by atoms with van der Waals surface area (Å²) in [6, 6.07) is 12.0. The number of fused-ring (bicyclic) bond motifs is 4. The van der Waals surface area contributed by atoms with E-state index in [1.807, 2.05) is 61.5 Å². The van der Waals surface area contributed by atoms with E-state index >= 15 is 4.79 Å². The Balaban J connectivity index is 1.16. The number of rotatable bonds is 9. The van der Waals surface area contributed by atoms with Crippen LogP contribution in [0.5, 0.6) is 23.1 Å². The summed E-state index contributed by atoms with van der Waals surface area (Å²) >= 11 is 0. The van der Waals surface area contributed by atoms with Crippen molar-refractivity contribution in [2.75, 3.05) is 26.9 Å². The van der Waals surface area contributed by atoms with Crippen LogP contribution in [-0.4, -0.2) is 91.2 Å². The maximum absolute atomic E-state index is 15.2. The molecule has 344 valence electrons. The van der Waals surface area contributed by atoms with Gasteiger partial charge in [0.1, 0.15) is 30.7 Å². The molecule has 0 unspecified atom stereocenters. The van der Waals surface area contributed by atoms with Crippen molar-refractivity contribution in [2.24, 2.45) is 29.1 Å². The van der Waals surface area contributed by atoms with Crippen LogP contribution in [-0.2, 0) is 33.9 Å². The summed E-state index contributed by atoms with van der Waals surface area (Å²) in [5.41, 5.74) is -0.736. The van der Waals surface area contributed by atoms with Crippen molar-refractivity contribution in [1.82, 2.24) is 14.6 Å². The highest BCUT2D eigenvalue weighted by Crippen LogP contribution is 2.58. The number of aromatic nitrogens is 1. The SMILES string of the molecule is COc1ccc2c(O[C@@H]3C[C@H]4C(=O)C[C@]5(C(=O)NS(=O)(=O)C6(C)CC6)C[C@H]5/C=C\CC[C@@H](C)C[C@@H](C)[C@H](CC(=O)OC(C)(C)C)C(=O)N4C3)nc(-c3ccc4c(c3)OCCO4)cc2c1. The van der Waals surface area contributed by atoms with Crippen molar-refractivity contribution in [2.45, 2.75) is 122 Å². The number of sulfonamides is 1. The lowest BCUT2D eigenvalue weighted by molar-refractivity contribution is -0.160. The second kappa shape index (κ2) is 17.3. The first-order valence-electron chi connectivity index (χ1n) is 22.6. The number of nitrogens with zero attached hydrogens (tertiary/aromatic N) is 2. The monoisotopic (exact) mass is 899 g/mol. The molecule has 3 aliphatic heterocycles. The van der Waals surface area contributed by atoms with Crippen molar-refractivity contribution >= 4 is 44.4 Å². The van der Waals surface area contributed by atoms with Crippen LogP contribution in [0.15, 0.2) is 54.6 Å². The minimum Gasteiger partial charge on any atom is -0.497 e. The normalized spacial score (nSPS) is 28.5. The summed E-state index contributed by atoms with van der Waals surface area (Å²) in [6.07, 6.45) is 6.22. The summed E-state index contributed by atoms with van der Waals surface area (Å²) in [5.74, 6) is -1.03. The molecule has 8 rings (SSSR count). The third kappa shape index (κ3) is 9.46. The van der Waals surface area contributed by atoms with Gasteiger partial charge in [-0.05, 0) is 132 Å². The fraction of sp³-hybridized carbons (Fsp3) is 0.571. The number of hydrogen-bond donors (Lipinski definition) is 1. The molecule has 0 spiro atoms. The summed E-state index contributed by atoms with van der Waals surface area (Å²) in [6.45, 7) is 11.9. The van der Waals surface area contributed by atoms with E-state index < -0.39 is 55.7 Å². The molecule has 2 saturated carbocycles. The molecule has 4 heterocycles. The highest BCUT2D eigenvalue weighted by atomic mass is 32.2. The molecule has 3 fully saturated rings. The molecule has 2 aliphatic carbocycles. The van der Waals surface area contributed by atoms with Crippen LogP contribution in [0.2, 0.25) is 0 Å². The largest absolute Gasteiger partial charge is 0.497 e. The summed E-state index contributed by atoms with van der Waals surface area (Å²) in [4.78, 5) is 64.3. The van der Waals surface area contributed by atoms with Crippen LogP contribution in [0.4, 0.5) is 0 Å². The maximum atomic E-state index is 15.2. The number of carbonyl (C=O) groups is 4. The fourth-order valence-corrected chi connectivity index (χ4v) is 10.9. The first-order chi connectivity index (χ1) is 30.3. The molecule has 15 heteroatoms. The number of ketones is 1. The van der Waals surface area contributed by atoms with Crippen molar-refractivity contribution in [3.63, 3.8) is 0 Å². The van der Waals surface area contributed by atoms with Gasteiger partial charge in [-0.2, -0.15) is 0 Å². The van der Waals surface area contributed by atoms with Gasteiger partial charge in [0.05, 0.1) is 47.9 Å². The number of amides is 2. The van der Waals surface area contributed by atoms with Crippen LogP contribution in [0.1, 0.15) is 99.3 Å². The lowest BCUT2D eigenvalue weighted by atomic mass is 9.82. The number of nitrogens with one attached hydrogen (secondary N) is 1. The van der Waals surface area contributed by atoms with E-state index in [1.165, 1.54) is 4.90 Å². The molecule has 1 saturated heterocycles. The van der Waals surface area contributed by atoms with Gasteiger partial charge in [-0.15, -0.1) is 0 Å². The Morgan fingerprint density at radius 3 is 2.47 bits per heavy atom. The van der Waals surface area contributed by atoms with Crippen molar-refractivity contribution < 1.29 is 51.3 Å². The van der Waals surface area contributed by atoms with E-state index in [4.69, 9.17) is 28.7 Å². The smallest absolute Gasteiger partial charge is 0.307 e. The molecule has 5 aliphatic rings. The number of ether oxygens (including phenoxy) is 5. The molecule has 2 amide bonds. The first kappa shape index (κ1) is 45.4. The zero-order valence-electron chi connectivity index (χ0n) is 37.9. The Kier molecular flexibility index (Phi) is 12.3. The van der Waals surface area contributed by atoms with Crippen molar-refractivity contribution in [3.8, 4) is 34.4 Å². The highest BCUT2D eigenvalue weighted by molar-refractivity contribution is 7.91. The number of esters is 1. The summed E-state index contributed by atoms with van der Waals surface area (Å²) in [7, 11) is -2.40. The van der Waals surface area contributed by atoms with Crippen molar-refractivity contribution in [1.29, 1.82) is 0 Å². The minimum atomic E-state index is -3.99. The fourth-order valence-electron chi connectivity index (χ4n) is 9.58. The summed E-state index contributed by atoms with van der Waals surface area (Å²) in [5, 5.41) is 1.47. The van der Waals surface area contributed by atoms with Gasteiger partial charge in [-0.1, -0.05) is 26.0 Å². The quantitative estimate of drug-likeness (QED) is 0.167. The number of carbonyl (C=O) groups excluding carboxylic acids is 4. The molecule has 64 heavy (non-hydrogen) atoms. The Morgan fingerprint density at radius 1 is 1.00 bits per heavy atom. The van der Waals surface area contributed by atoms with Crippen LogP contribution < -0.4 is 23.7 Å². The second-order valence-electron chi connectivity index (χ2n) is 20.0. The molecule has 1 aromatic heterocycles. The first-order valence-corrected chi connectivity index (χ1v) is 24.1. The summed E-state index contributed by atoms with van der Waals surface area (Å²) < 4.78 is 57.8. The molecule has 0 bridgehead atoms. The Hall–Kier alpha value is -5.18. The minimum absolute atomic E-state index is 0.00513. The molecule has 0 radical (unpaired) electrons. The highest BCUT2D eigenvalue weighted by Gasteiger charge is 2.62. The Labute approximate surface area is 375 Å². The Morgan fingerprint density at radius 2 is 1.75 bits per heavy atom. The average Bonchev–Trinajstić information content (AvgIpc) is 4.13. The van der Waals surface area contributed by atoms with Crippen LogP contribution in [0.25, 0.3) is 22.0 Å². The zero-order chi connectivity index (χ0) is 45.8. The van der Waals surface area contributed by atoms with E-state index in [0.29, 0.717) is 73.6 Å². The number of pyridine rings is 1. The standard InChI is InChI=1S/C49H61N3O11S/c1-29-10-8-9-11-33-26-49(33,46(56)51-64(57,58)48(6)16-17-48)27-40(53)39-24-35(28-52(39)45(55)37(30(2)20-29)25-43(54)63-47(3,4)5)62-44-36-14-13-34(59-7)21-32(36)22-38(50-44)31-12-15-41-42(23-31)61-19-18-60-41/h9,11-15,21-23,29-30,33,35,37,39H,8,10,16-20,24-28H2,1-7H3,(H,51,56)/b11-9-/t29-,30-,33-,35-,37+,39+,49-/m1/s1. The third-order valence-electron chi connectivity index (χ3n) is 13.7. The Bertz CT molecular complexity index is 2480. The van der Waals surface area contributed by atoms with Gasteiger partial charge in [0.15, 0.2) is 17.3 Å². The molecule has 1 N–H and O–H groups in total. The molecular weight excluding hydrogens is 839 g/mol. The molecular formula is C49H61N3O11S. The maximum Gasteiger partial charge on any atom is 0.307 e. The van der Waals surface area contributed by atoms with E-state index in [2.05, 4.69) is 11.6 Å². The van der Waals surface area contributed by atoms with E-state index in [1.54, 1.807) is 34.8 Å². The van der Waals surface area contributed by atoms with Gasteiger partial charge in [0, 0.05) is 23.8 Å². The molecule has 2 aromatic carbocycles. The predicted octanol–water partition coefficient (Wildman–Crippen LogP) is 7.35. The molecule has 3 aromatic rings. The lowest BCUT2D eigenvalue weighted by Crippen LogP contribution is -2.48. The van der Waals surface area contributed by atoms with E-state index in [0.717, 1.165) is 17.4 Å². The topological polar surface area (TPSA) is 177 Å². The number of benzene rings is 2. The van der Waals surface area contributed by atoms with Gasteiger partial charge >= 0.3 is 5.97 Å². The number of methoxy groups -OCH3 is 1. The lowest BCUT2D eigenvalue weighted by Gasteiger charge is -2.32. The van der Waals surface area contributed by atoms with Crippen LogP contribution >= 0.6 is 0 Å². The molecule has 14 nitrogen and oxygen atoms in total. The average molecular weight is 900 g/mol. The third-order valence-corrected chi connectivity index (χ3v) is 15.9. The predicted molar refractivity (Wildman–Crippen MR) is 239 cm³/mol. The van der Waals surface area contributed by atoms with Gasteiger partial charge in [0.2, 0.25) is 27.7 Å². The van der Waals surface area contributed by atoms with Gasteiger partial charge in [0.25, 0.3) is 0 Å². The van der Waals surface area contributed by atoms with Crippen molar-refractivity contribution in [3.05, 3.63) is 54.6 Å². The van der Waals surface area contributed by atoms with Gasteiger partial charge in [-0.25, -0.2) is 13.4 Å². The van der Waals surface area contributed by atoms with Crippen LogP contribution in [0, 0.1) is 29.1 Å². The van der Waals surface area contributed by atoms with Crippen LogP contribution in [0.3, 0.4) is 0 Å². The number of allylic oxidation sites excluding steroid dienone is 2. The molecule has 7 atom stereocenters.